The number of allylic oxidation sites excluding steroid dienone is 1. The Bertz CT molecular complexity index is 1150. The van der Waals surface area contributed by atoms with Crippen LogP contribution in [0.2, 0.25) is 0 Å². The molecule has 1 heterocycles. The Labute approximate surface area is 161 Å². The van der Waals surface area contributed by atoms with E-state index in [-0.39, 0.29) is 23.4 Å². The lowest BCUT2D eigenvalue weighted by molar-refractivity contribution is -0.0588. The van der Waals surface area contributed by atoms with E-state index in [0.717, 1.165) is 6.08 Å². The van der Waals surface area contributed by atoms with Gasteiger partial charge < -0.3 is 5.32 Å². The minimum Gasteiger partial charge on any atom is -0.345 e. The Kier molecular flexibility index (Phi) is 4.98. The number of nitrogens with one attached hydrogen (secondary N) is 4. The average Bonchev–Trinajstić information content (AvgIpc) is 2.51. The molecule has 0 aliphatic rings. The topological polar surface area (TPSA) is 102 Å². The van der Waals surface area contributed by atoms with E-state index in [4.69, 9.17) is 5.41 Å². The van der Waals surface area contributed by atoms with Crippen LogP contribution in [0.1, 0.15) is 18.1 Å². The van der Waals surface area contributed by atoms with Crippen LogP contribution < -0.4 is 16.6 Å². The summed E-state index contributed by atoms with van der Waals surface area (Å²) in [5.41, 5.74) is -6.12. The number of halogens is 8. The molecule has 0 amide bonds. The zero-order chi connectivity index (χ0) is 23.2. The molecule has 6 nitrogen and oxygen atoms in total. The van der Waals surface area contributed by atoms with Crippen LogP contribution >= 0.6 is 10.2 Å². The van der Waals surface area contributed by atoms with E-state index < -0.39 is 49.6 Å². The van der Waals surface area contributed by atoms with Crippen LogP contribution in [0.25, 0.3) is 6.08 Å². The SMILES string of the molecule is CC(=Cc1ccc(S(F)(F)(F)(F)F)cc1)Nc1[nH]c(=O)[nH]c(=O)c1C(=N)C(F)(F)F. The van der Waals surface area contributed by atoms with Crippen molar-refractivity contribution in [3.8, 4) is 0 Å². The van der Waals surface area contributed by atoms with Crippen LogP contribution in [0.5, 0.6) is 0 Å². The van der Waals surface area contributed by atoms with Crippen LogP contribution in [-0.4, -0.2) is 21.9 Å². The van der Waals surface area contributed by atoms with Gasteiger partial charge in [0.2, 0.25) is 0 Å². The molecular weight excluding hydrogens is 452 g/mol. The smallest absolute Gasteiger partial charge is 0.345 e. The molecule has 2 rings (SSSR count). The van der Waals surface area contributed by atoms with Crippen molar-refractivity contribution in [2.24, 2.45) is 0 Å². The van der Waals surface area contributed by atoms with Crippen molar-refractivity contribution in [2.45, 2.75) is 18.0 Å². The first kappa shape index (κ1) is 23.2. The lowest BCUT2D eigenvalue weighted by Gasteiger charge is -2.40. The van der Waals surface area contributed by atoms with Crippen LogP contribution in [0.3, 0.4) is 0 Å². The molecule has 1 aromatic heterocycles. The first-order valence-electron chi connectivity index (χ1n) is 7.60. The average molecular weight is 464 g/mol. The lowest BCUT2D eigenvalue weighted by atomic mass is 10.1. The number of aromatic nitrogens is 2. The summed E-state index contributed by atoms with van der Waals surface area (Å²) < 4.78 is 102. The molecule has 0 atom stereocenters. The van der Waals surface area contributed by atoms with Gasteiger partial charge in [0, 0.05) is 5.70 Å². The Morgan fingerprint density at radius 2 is 1.57 bits per heavy atom. The van der Waals surface area contributed by atoms with Crippen molar-refractivity contribution in [3.05, 3.63) is 61.9 Å². The van der Waals surface area contributed by atoms with Gasteiger partial charge in [0.25, 0.3) is 5.56 Å². The molecule has 0 fully saturated rings. The summed E-state index contributed by atoms with van der Waals surface area (Å²) in [6, 6.07) is 1.66. The molecule has 0 aliphatic heterocycles. The molecular formula is C15H12F8N4O2S. The number of anilines is 1. The van der Waals surface area contributed by atoms with Gasteiger partial charge in [0.1, 0.15) is 16.3 Å². The standard InChI is InChI=1S/C15H12F8N4O2S/c1-7(6-8-2-4-9(5-3-8)30(19,20,21,22)23)25-12-10(11(24)15(16,17)18)13(28)27-14(29)26-12/h2-6,24H,1H3,(H3,25,26,27,28,29). The van der Waals surface area contributed by atoms with Crippen molar-refractivity contribution in [1.82, 2.24) is 9.97 Å². The third-order valence-corrected chi connectivity index (χ3v) is 4.67. The number of aromatic amines is 2. The molecule has 30 heavy (non-hydrogen) atoms. The molecule has 0 aliphatic carbocycles. The maximum atomic E-state index is 12.8. The highest BCUT2D eigenvalue weighted by Gasteiger charge is 2.65. The van der Waals surface area contributed by atoms with Crippen molar-refractivity contribution < 1.29 is 32.6 Å². The minimum absolute atomic E-state index is 0.0507. The Hall–Kier alpha value is -3.10. The number of hydrogen-bond acceptors (Lipinski definition) is 4. The summed E-state index contributed by atoms with van der Waals surface area (Å²) >= 11 is 0. The summed E-state index contributed by atoms with van der Waals surface area (Å²) in [4.78, 5) is 24.4. The van der Waals surface area contributed by atoms with E-state index in [9.17, 15) is 42.2 Å². The Balaban J connectivity index is 2.43. The summed E-state index contributed by atoms with van der Waals surface area (Å²) in [6.45, 7) is 1.21. The molecule has 0 saturated heterocycles. The largest absolute Gasteiger partial charge is 0.433 e. The third-order valence-electron chi connectivity index (χ3n) is 3.51. The molecule has 4 N–H and O–H groups in total. The van der Waals surface area contributed by atoms with Gasteiger partial charge in [-0.2, -0.15) is 13.2 Å². The van der Waals surface area contributed by atoms with Crippen LogP contribution in [0, 0.1) is 5.41 Å². The fraction of sp³-hybridized carbons (Fsp3) is 0.133. The fourth-order valence-electron chi connectivity index (χ4n) is 2.26. The van der Waals surface area contributed by atoms with Gasteiger partial charge in [0.05, 0.1) is 0 Å². The normalized spacial score (nSPS) is 15.3. The lowest BCUT2D eigenvalue weighted by Crippen LogP contribution is -2.35. The van der Waals surface area contributed by atoms with Crippen molar-refractivity contribution >= 4 is 27.8 Å². The highest BCUT2D eigenvalue weighted by molar-refractivity contribution is 8.45. The minimum atomic E-state index is -9.86. The first-order chi connectivity index (χ1) is 13.3. The number of H-pyrrole nitrogens is 2. The third kappa shape index (κ3) is 5.49. The van der Waals surface area contributed by atoms with E-state index in [2.05, 4.69) is 5.32 Å². The van der Waals surface area contributed by atoms with Crippen LogP contribution in [-0.2, 0) is 0 Å². The van der Waals surface area contributed by atoms with E-state index in [1.165, 1.54) is 6.92 Å². The zero-order valence-electron chi connectivity index (χ0n) is 14.6. The number of hydrogen-bond donors (Lipinski definition) is 4. The summed E-state index contributed by atoms with van der Waals surface area (Å²) in [6.07, 6.45) is -4.17. The maximum Gasteiger partial charge on any atom is 0.433 e. The highest BCUT2D eigenvalue weighted by atomic mass is 32.5. The number of alkyl halides is 3. The predicted molar refractivity (Wildman–Crippen MR) is 95.7 cm³/mol. The first-order valence-corrected chi connectivity index (χ1v) is 9.55. The second-order valence-electron chi connectivity index (χ2n) is 6.02. The molecule has 0 radical (unpaired) electrons. The molecule has 1 aromatic carbocycles. The van der Waals surface area contributed by atoms with E-state index in [0.29, 0.717) is 12.1 Å². The Morgan fingerprint density at radius 1 is 1.03 bits per heavy atom. The van der Waals surface area contributed by atoms with Crippen molar-refractivity contribution in [2.75, 3.05) is 5.32 Å². The van der Waals surface area contributed by atoms with Gasteiger partial charge in [-0.15, -0.1) is 0 Å². The van der Waals surface area contributed by atoms with E-state index in [1.54, 1.807) is 4.98 Å². The molecule has 2 aromatic rings. The van der Waals surface area contributed by atoms with E-state index in [1.807, 2.05) is 4.98 Å². The monoisotopic (exact) mass is 464 g/mol. The van der Waals surface area contributed by atoms with Crippen molar-refractivity contribution in [3.63, 3.8) is 0 Å². The highest BCUT2D eigenvalue weighted by Crippen LogP contribution is 3.02. The summed E-state index contributed by atoms with van der Waals surface area (Å²) in [7, 11) is -9.86. The van der Waals surface area contributed by atoms with Gasteiger partial charge in [-0.3, -0.25) is 20.2 Å². The zero-order valence-corrected chi connectivity index (χ0v) is 15.5. The maximum absolute atomic E-state index is 12.8. The fourth-order valence-corrected chi connectivity index (χ4v) is 2.92. The van der Waals surface area contributed by atoms with Crippen LogP contribution in [0.4, 0.5) is 38.4 Å². The Morgan fingerprint density at radius 3 is 2.03 bits per heavy atom. The van der Waals surface area contributed by atoms with Crippen LogP contribution in [0.15, 0.2) is 44.4 Å². The molecule has 0 saturated carbocycles. The molecule has 15 heteroatoms. The number of rotatable bonds is 5. The molecule has 0 spiro atoms. The second kappa shape index (κ2) is 6.45. The van der Waals surface area contributed by atoms with Gasteiger partial charge >= 0.3 is 22.1 Å². The summed E-state index contributed by atoms with van der Waals surface area (Å²) in [5, 5.41) is 9.35. The molecule has 0 unspecified atom stereocenters. The molecule has 0 bridgehead atoms. The second-order valence-corrected chi connectivity index (χ2v) is 8.43. The molecule has 166 valence electrons. The number of benzene rings is 1. The van der Waals surface area contributed by atoms with Gasteiger partial charge in [-0.25, -0.2) is 4.79 Å². The van der Waals surface area contributed by atoms with E-state index >= 15 is 0 Å². The predicted octanol–water partition coefficient (Wildman–Crippen LogP) is 5.12. The van der Waals surface area contributed by atoms with Gasteiger partial charge in [-0.1, -0.05) is 31.6 Å². The quantitative estimate of drug-likeness (QED) is 0.365. The summed E-state index contributed by atoms with van der Waals surface area (Å²) in [5.74, 6) is -0.788. The van der Waals surface area contributed by atoms with Crippen molar-refractivity contribution in [1.29, 1.82) is 5.41 Å². The van der Waals surface area contributed by atoms with Gasteiger partial charge in [0.15, 0.2) is 5.71 Å². The van der Waals surface area contributed by atoms with Gasteiger partial charge in [-0.05, 0) is 30.7 Å².